The lowest BCUT2D eigenvalue weighted by molar-refractivity contribution is 0.0927. The number of aryl methyl sites for hydroxylation is 1. The maximum Gasteiger partial charge on any atom is 0.251 e. The predicted octanol–water partition coefficient (Wildman–Crippen LogP) is 2.05. The molecule has 1 saturated heterocycles. The molecule has 1 aromatic heterocycles. The van der Waals surface area contributed by atoms with Crippen LogP contribution < -0.4 is 10.6 Å². The zero-order chi connectivity index (χ0) is 16.9. The van der Waals surface area contributed by atoms with Crippen LogP contribution in [0.2, 0.25) is 0 Å². The number of aliphatic hydroxyl groups is 1. The third-order valence-electron chi connectivity index (χ3n) is 4.00. The number of nitrogens with zero attached hydrogens (tertiary/aromatic N) is 1. The quantitative estimate of drug-likeness (QED) is 0.685. The van der Waals surface area contributed by atoms with Crippen molar-refractivity contribution in [3.63, 3.8) is 0 Å². The molecule has 1 amide bonds. The number of carbonyl (C=O) groups excluding carboxylic acids is 1. The molecule has 1 aromatic carbocycles. The summed E-state index contributed by atoms with van der Waals surface area (Å²) in [5, 5.41) is 18.9. The van der Waals surface area contributed by atoms with E-state index in [0.717, 1.165) is 27.9 Å². The Morgan fingerprint density at radius 3 is 2.83 bits per heavy atom. The van der Waals surface area contributed by atoms with Crippen LogP contribution >= 0.6 is 23.1 Å². The summed E-state index contributed by atoms with van der Waals surface area (Å²) in [4.78, 5) is 17.7. The molecule has 24 heavy (non-hydrogen) atoms. The summed E-state index contributed by atoms with van der Waals surface area (Å²) in [6.45, 7) is 3.84. The number of amides is 1. The molecule has 1 fully saturated rings. The van der Waals surface area contributed by atoms with Crippen LogP contribution in [0.5, 0.6) is 0 Å². The van der Waals surface area contributed by atoms with Gasteiger partial charge < -0.3 is 15.7 Å². The van der Waals surface area contributed by atoms with Gasteiger partial charge in [-0.05, 0) is 31.2 Å². The lowest BCUT2D eigenvalue weighted by Gasteiger charge is -2.14. The molecule has 3 N–H and O–H groups in total. The largest absolute Gasteiger partial charge is 0.391 e. The van der Waals surface area contributed by atoms with Gasteiger partial charge in [-0.3, -0.25) is 4.79 Å². The van der Waals surface area contributed by atoms with Crippen LogP contribution in [0.25, 0.3) is 0 Å². The molecule has 5 nitrogen and oxygen atoms in total. The Morgan fingerprint density at radius 2 is 2.21 bits per heavy atom. The molecule has 0 aliphatic carbocycles. The summed E-state index contributed by atoms with van der Waals surface area (Å²) in [5.74, 6) is 0.828. The van der Waals surface area contributed by atoms with Crippen LogP contribution in [0.15, 0.2) is 34.5 Å². The van der Waals surface area contributed by atoms with Gasteiger partial charge in [0, 0.05) is 47.1 Å². The molecule has 1 aliphatic heterocycles. The van der Waals surface area contributed by atoms with Gasteiger partial charge in [-0.1, -0.05) is 0 Å². The standard InChI is InChI=1S/C17H21N3O2S2/c1-11-20-14(9-23-11)10-24-15-4-2-12(3-5-15)17(22)19-7-13-6-18-8-16(13)21/h2-5,9,13,16,18,21H,6-8,10H2,1H3,(H,19,22). The van der Waals surface area contributed by atoms with Crippen molar-refractivity contribution in [2.24, 2.45) is 5.92 Å². The lowest BCUT2D eigenvalue weighted by Crippen LogP contribution is -2.34. The van der Waals surface area contributed by atoms with Gasteiger partial charge in [-0.2, -0.15) is 0 Å². The van der Waals surface area contributed by atoms with E-state index in [1.807, 2.05) is 31.2 Å². The molecule has 2 aromatic rings. The Morgan fingerprint density at radius 1 is 1.42 bits per heavy atom. The van der Waals surface area contributed by atoms with E-state index in [1.54, 1.807) is 23.1 Å². The van der Waals surface area contributed by atoms with Crippen LogP contribution in [0, 0.1) is 12.8 Å². The Kier molecular flexibility index (Phi) is 5.89. The topological polar surface area (TPSA) is 74.2 Å². The zero-order valence-electron chi connectivity index (χ0n) is 13.5. The lowest BCUT2D eigenvalue weighted by atomic mass is 10.1. The normalized spacial score (nSPS) is 20.2. The molecule has 2 unspecified atom stereocenters. The first kappa shape index (κ1) is 17.4. The highest BCUT2D eigenvalue weighted by Crippen LogP contribution is 2.23. The molecule has 0 saturated carbocycles. The van der Waals surface area contributed by atoms with Gasteiger partial charge in [-0.15, -0.1) is 23.1 Å². The summed E-state index contributed by atoms with van der Waals surface area (Å²) in [6, 6.07) is 7.61. The molecule has 7 heteroatoms. The van der Waals surface area contributed by atoms with E-state index in [1.165, 1.54) is 0 Å². The predicted molar refractivity (Wildman–Crippen MR) is 97.6 cm³/mol. The molecular weight excluding hydrogens is 342 g/mol. The fourth-order valence-electron chi connectivity index (χ4n) is 2.59. The van der Waals surface area contributed by atoms with Gasteiger partial charge in [0.1, 0.15) is 0 Å². The molecule has 0 radical (unpaired) electrons. The number of β-amino-alcohol motifs (C(OH)–C–C–N with tert-alkyl or cyclic N) is 1. The Hall–Kier alpha value is -1.41. The Balaban J connectivity index is 1.49. The maximum atomic E-state index is 12.2. The first-order valence-corrected chi connectivity index (χ1v) is 9.79. The van der Waals surface area contributed by atoms with Crippen molar-refractivity contribution in [1.82, 2.24) is 15.6 Å². The third kappa shape index (κ3) is 4.57. The highest BCUT2D eigenvalue weighted by molar-refractivity contribution is 7.98. The van der Waals surface area contributed by atoms with E-state index in [9.17, 15) is 9.90 Å². The van der Waals surface area contributed by atoms with E-state index < -0.39 is 0 Å². The van der Waals surface area contributed by atoms with Gasteiger partial charge in [0.05, 0.1) is 16.8 Å². The molecule has 3 rings (SSSR count). The van der Waals surface area contributed by atoms with Crippen LogP contribution in [-0.2, 0) is 5.75 Å². The second-order valence-corrected chi connectivity index (χ2v) is 7.98. The highest BCUT2D eigenvalue weighted by Gasteiger charge is 2.25. The first-order valence-electron chi connectivity index (χ1n) is 7.92. The second-order valence-electron chi connectivity index (χ2n) is 5.87. The number of hydrogen-bond acceptors (Lipinski definition) is 6. The molecule has 2 heterocycles. The molecule has 0 spiro atoms. The molecule has 2 atom stereocenters. The Bertz CT molecular complexity index is 687. The summed E-state index contributed by atoms with van der Waals surface area (Å²) >= 11 is 3.37. The minimum absolute atomic E-state index is 0.0883. The second kappa shape index (κ2) is 8.11. The van der Waals surface area contributed by atoms with Crippen molar-refractivity contribution in [2.75, 3.05) is 19.6 Å². The fourth-order valence-corrected chi connectivity index (χ4v) is 4.10. The van der Waals surface area contributed by atoms with Gasteiger partial charge in [-0.25, -0.2) is 4.98 Å². The summed E-state index contributed by atoms with van der Waals surface area (Å²) < 4.78 is 0. The Labute approximate surface area is 149 Å². The maximum absolute atomic E-state index is 12.2. The van der Waals surface area contributed by atoms with Crippen LogP contribution in [0.4, 0.5) is 0 Å². The number of aliphatic hydroxyl groups excluding tert-OH is 1. The van der Waals surface area contributed by atoms with E-state index in [-0.39, 0.29) is 17.9 Å². The first-order chi connectivity index (χ1) is 11.6. The van der Waals surface area contributed by atoms with E-state index in [0.29, 0.717) is 18.7 Å². The minimum Gasteiger partial charge on any atom is -0.391 e. The summed E-state index contributed by atoms with van der Waals surface area (Å²) in [6.07, 6.45) is -0.376. The number of thioether (sulfide) groups is 1. The number of carbonyl (C=O) groups is 1. The number of benzene rings is 1. The van der Waals surface area contributed by atoms with Crippen molar-refractivity contribution < 1.29 is 9.90 Å². The van der Waals surface area contributed by atoms with Crippen molar-refractivity contribution in [1.29, 1.82) is 0 Å². The average molecular weight is 364 g/mol. The van der Waals surface area contributed by atoms with E-state index in [2.05, 4.69) is 21.0 Å². The van der Waals surface area contributed by atoms with Gasteiger partial charge >= 0.3 is 0 Å². The van der Waals surface area contributed by atoms with E-state index >= 15 is 0 Å². The van der Waals surface area contributed by atoms with Crippen molar-refractivity contribution in [3.8, 4) is 0 Å². The smallest absolute Gasteiger partial charge is 0.251 e. The van der Waals surface area contributed by atoms with E-state index in [4.69, 9.17) is 0 Å². The van der Waals surface area contributed by atoms with Crippen LogP contribution in [-0.4, -0.2) is 41.7 Å². The highest BCUT2D eigenvalue weighted by atomic mass is 32.2. The molecule has 0 bridgehead atoms. The van der Waals surface area contributed by atoms with Crippen LogP contribution in [0.1, 0.15) is 21.1 Å². The number of hydrogen-bond donors (Lipinski definition) is 3. The van der Waals surface area contributed by atoms with Crippen LogP contribution in [0.3, 0.4) is 0 Å². The van der Waals surface area contributed by atoms with Gasteiger partial charge in [0.25, 0.3) is 5.91 Å². The summed E-state index contributed by atoms with van der Waals surface area (Å²) in [7, 11) is 0. The van der Waals surface area contributed by atoms with Gasteiger partial charge in [0.2, 0.25) is 0 Å². The average Bonchev–Trinajstić information content (AvgIpc) is 3.19. The van der Waals surface area contributed by atoms with Crippen molar-refractivity contribution in [2.45, 2.75) is 23.7 Å². The fraction of sp³-hybridized carbons (Fsp3) is 0.412. The van der Waals surface area contributed by atoms with Crippen molar-refractivity contribution >= 4 is 29.0 Å². The third-order valence-corrected chi connectivity index (χ3v) is 5.87. The monoisotopic (exact) mass is 363 g/mol. The number of aromatic nitrogens is 1. The molecule has 128 valence electrons. The molecular formula is C17H21N3O2S2. The number of thiazole rings is 1. The summed E-state index contributed by atoms with van der Waals surface area (Å²) in [5.41, 5.74) is 1.73. The van der Waals surface area contributed by atoms with Gasteiger partial charge in [0.15, 0.2) is 0 Å². The minimum atomic E-state index is -0.376. The van der Waals surface area contributed by atoms with Crippen molar-refractivity contribution in [3.05, 3.63) is 45.9 Å². The number of nitrogens with one attached hydrogen (secondary N) is 2. The number of rotatable bonds is 6. The molecule has 1 aliphatic rings. The zero-order valence-corrected chi connectivity index (χ0v) is 15.1. The SMILES string of the molecule is Cc1nc(CSc2ccc(C(=O)NCC3CNCC3O)cc2)cs1.